The Morgan fingerprint density at radius 1 is 1.08 bits per heavy atom. The molecule has 1 fully saturated rings. The van der Waals surface area contributed by atoms with Crippen LogP contribution in [-0.2, 0) is 23.9 Å². The Kier molecular flexibility index (Phi) is 10.8. The van der Waals surface area contributed by atoms with E-state index in [2.05, 4.69) is 24.5 Å². The summed E-state index contributed by atoms with van der Waals surface area (Å²) in [5.74, 6) is -1.17. The summed E-state index contributed by atoms with van der Waals surface area (Å²) < 4.78 is 10.1. The second-order valence-electron chi connectivity index (χ2n) is 10.9. The van der Waals surface area contributed by atoms with Crippen molar-refractivity contribution in [3.05, 3.63) is 46.1 Å². The molecule has 1 aromatic rings. The van der Waals surface area contributed by atoms with Crippen LogP contribution in [0.4, 0.5) is 4.79 Å². The van der Waals surface area contributed by atoms with Gasteiger partial charge in [0.15, 0.2) is 5.72 Å². The van der Waals surface area contributed by atoms with Crippen LogP contribution in [0.15, 0.2) is 35.5 Å². The van der Waals surface area contributed by atoms with Crippen LogP contribution in [0.2, 0.25) is 5.02 Å². The average Bonchev–Trinajstić information content (AvgIpc) is 2.80. The van der Waals surface area contributed by atoms with E-state index in [1.54, 1.807) is 25.7 Å². The van der Waals surface area contributed by atoms with Crippen molar-refractivity contribution >= 4 is 35.5 Å². The highest BCUT2D eigenvalue weighted by atomic mass is 35.5. The number of likely N-dealkylation sites (tertiary alicyclic amines) is 1. The molecule has 1 aliphatic heterocycles. The van der Waals surface area contributed by atoms with E-state index in [0.29, 0.717) is 23.7 Å². The van der Waals surface area contributed by atoms with E-state index >= 15 is 0 Å². The van der Waals surface area contributed by atoms with E-state index in [9.17, 15) is 19.2 Å². The first-order valence-corrected chi connectivity index (χ1v) is 13.2. The molecule has 0 radical (unpaired) electrons. The molecule has 1 aromatic carbocycles. The zero-order valence-corrected chi connectivity index (χ0v) is 24.2. The molecule has 9 nitrogen and oxygen atoms in total. The van der Waals surface area contributed by atoms with Crippen LogP contribution in [0, 0.1) is 5.41 Å². The maximum Gasteiger partial charge on any atom is 0.322 e. The van der Waals surface area contributed by atoms with Crippen LogP contribution < -0.4 is 10.6 Å². The number of rotatable bonds is 9. The third kappa shape index (κ3) is 9.04. The Morgan fingerprint density at radius 3 is 2.24 bits per heavy atom. The number of carbonyl (C=O) groups is 4. The second kappa shape index (κ2) is 13.1. The van der Waals surface area contributed by atoms with Crippen LogP contribution in [0.25, 0.3) is 0 Å². The maximum atomic E-state index is 13.5. The van der Waals surface area contributed by atoms with E-state index in [4.69, 9.17) is 21.1 Å². The van der Waals surface area contributed by atoms with Gasteiger partial charge in [0.1, 0.15) is 5.70 Å². The Labute approximate surface area is 230 Å². The van der Waals surface area contributed by atoms with Crippen LogP contribution >= 0.6 is 11.6 Å². The van der Waals surface area contributed by atoms with Crippen molar-refractivity contribution in [2.24, 2.45) is 5.41 Å². The standard InChI is InChI=1S/C28H40ClN3O6/c1-8-37-22(33)13-14-23(34)38-28(6,7)31-26(36)30-24(18(2)3)25(35)32-16-15-21(27(4,5)17-32)19-9-11-20(29)12-10-19/h9-12,21H,8,13-17H2,1-7H3,(H2,30,31,36). The summed E-state index contributed by atoms with van der Waals surface area (Å²) in [6, 6.07) is 7.14. The monoisotopic (exact) mass is 549 g/mol. The number of esters is 2. The molecule has 0 spiro atoms. The van der Waals surface area contributed by atoms with Crippen molar-refractivity contribution in [2.75, 3.05) is 19.7 Å². The lowest BCUT2D eigenvalue weighted by Gasteiger charge is -2.45. The Hall–Kier alpha value is -3.07. The molecule has 0 aromatic heterocycles. The summed E-state index contributed by atoms with van der Waals surface area (Å²) in [7, 11) is 0. The van der Waals surface area contributed by atoms with Gasteiger partial charge in [0.25, 0.3) is 5.91 Å². The molecule has 1 heterocycles. The predicted octanol–water partition coefficient (Wildman–Crippen LogP) is 4.90. The average molecular weight is 550 g/mol. The summed E-state index contributed by atoms with van der Waals surface area (Å²) >= 11 is 6.05. The maximum absolute atomic E-state index is 13.5. The number of hydrogen-bond acceptors (Lipinski definition) is 6. The van der Waals surface area contributed by atoms with Gasteiger partial charge < -0.3 is 25.0 Å². The highest BCUT2D eigenvalue weighted by molar-refractivity contribution is 6.30. The van der Waals surface area contributed by atoms with Gasteiger partial charge in [-0.3, -0.25) is 14.4 Å². The Balaban J connectivity index is 2.00. The lowest BCUT2D eigenvalue weighted by atomic mass is 9.70. The van der Waals surface area contributed by atoms with E-state index in [-0.39, 0.29) is 42.4 Å². The summed E-state index contributed by atoms with van der Waals surface area (Å²) in [6.45, 7) is 13.7. The number of nitrogens with one attached hydrogen (secondary N) is 2. The fraction of sp³-hybridized carbons (Fsp3) is 0.571. The molecule has 1 saturated heterocycles. The molecule has 3 amide bonds. The van der Waals surface area contributed by atoms with Crippen molar-refractivity contribution in [1.29, 1.82) is 0 Å². The van der Waals surface area contributed by atoms with E-state index in [1.807, 2.05) is 24.3 Å². The third-order valence-corrected chi connectivity index (χ3v) is 6.62. The Morgan fingerprint density at radius 2 is 1.68 bits per heavy atom. The number of piperidine rings is 1. The summed E-state index contributed by atoms with van der Waals surface area (Å²) in [5, 5.41) is 5.90. The zero-order valence-electron chi connectivity index (χ0n) is 23.4. The molecule has 210 valence electrons. The number of nitrogens with zero attached hydrogens (tertiary/aromatic N) is 1. The molecule has 38 heavy (non-hydrogen) atoms. The molecule has 1 aliphatic rings. The van der Waals surface area contributed by atoms with Gasteiger partial charge in [-0.15, -0.1) is 0 Å². The summed E-state index contributed by atoms with van der Waals surface area (Å²) in [6.07, 6.45) is 0.485. The normalized spacial score (nSPS) is 16.7. The molecule has 2 N–H and O–H groups in total. The van der Waals surface area contributed by atoms with Gasteiger partial charge in [0, 0.05) is 18.1 Å². The number of hydrogen-bond donors (Lipinski definition) is 2. The number of benzene rings is 1. The van der Waals surface area contributed by atoms with Gasteiger partial charge >= 0.3 is 18.0 Å². The highest BCUT2D eigenvalue weighted by Crippen LogP contribution is 2.42. The summed E-state index contributed by atoms with van der Waals surface area (Å²) in [4.78, 5) is 51.6. The fourth-order valence-electron chi connectivity index (χ4n) is 4.61. The number of urea groups is 1. The number of ether oxygens (including phenoxy) is 2. The largest absolute Gasteiger partial charge is 0.466 e. The van der Waals surface area contributed by atoms with Gasteiger partial charge in [-0.25, -0.2) is 4.79 Å². The minimum atomic E-state index is -1.37. The lowest BCUT2D eigenvalue weighted by Crippen LogP contribution is -2.53. The SMILES string of the molecule is CCOC(=O)CCC(=O)OC(C)(C)NC(=O)NC(C(=O)N1CCC(c2ccc(Cl)cc2)C(C)(C)C1)=C(C)C. The van der Waals surface area contributed by atoms with Crippen molar-refractivity contribution in [2.45, 2.75) is 79.4 Å². The van der Waals surface area contributed by atoms with Crippen LogP contribution in [0.1, 0.15) is 79.2 Å². The third-order valence-electron chi connectivity index (χ3n) is 6.36. The Bertz CT molecular complexity index is 1060. The molecule has 0 aliphatic carbocycles. The first-order chi connectivity index (χ1) is 17.6. The smallest absolute Gasteiger partial charge is 0.322 e. The van der Waals surface area contributed by atoms with Crippen LogP contribution in [0.3, 0.4) is 0 Å². The van der Waals surface area contributed by atoms with Crippen molar-refractivity contribution in [3.63, 3.8) is 0 Å². The number of halogens is 1. The number of allylic oxidation sites excluding steroid dienone is 1. The van der Waals surface area contributed by atoms with E-state index < -0.39 is 23.7 Å². The number of carbonyl (C=O) groups excluding carboxylic acids is 4. The van der Waals surface area contributed by atoms with Gasteiger partial charge in [-0.2, -0.15) is 0 Å². The van der Waals surface area contributed by atoms with Gasteiger partial charge in [0.05, 0.1) is 19.4 Å². The highest BCUT2D eigenvalue weighted by Gasteiger charge is 2.39. The van der Waals surface area contributed by atoms with Crippen molar-refractivity contribution < 1.29 is 28.7 Å². The molecular formula is C28H40ClN3O6. The molecule has 10 heteroatoms. The predicted molar refractivity (Wildman–Crippen MR) is 145 cm³/mol. The first kappa shape index (κ1) is 31.1. The molecule has 1 unspecified atom stereocenters. The van der Waals surface area contributed by atoms with E-state index in [0.717, 1.165) is 6.42 Å². The molecule has 0 saturated carbocycles. The summed E-state index contributed by atoms with van der Waals surface area (Å²) in [5.41, 5.74) is 0.436. The quantitative estimate of drug-likeness (QED) is 0.257. The van der Waals surface area contributed by atoms with Crippen LogP contribution in [-0.4, -0.2) is 54.2 Å². The molecule has 0 bridgehead atoms. The molecule has 2 rings (SSSR count). The molecular weight excluding hydrogens is 510 g/mol. The lowest BCUT2D eigenvalue weighted by molar-refractivity contribution is -0.160. The van der Waals surface area contributed by atoms with Gasteiger partial charge in [-0.1, -0.05) is 37.6 Å². The minimum absolute atomic E-state index is 0.115. The van der Waals surface area contributed by atoms with Crippen molar-refractivity contribution in [1.82, 2.24) is 15.5 Å². The zero-order chi connectivity index (χ0) is 28.7. The topological polar surface area (TPSA) is 114 Å². The van der Waals surface area contributed by atoms with Gasteiger partial charge in [0.2, 0.25) is 0 Å². The van der Waals surface area contributed by atoms with Gasteiger partial charge in [-0.05, 0) is 75.6 Å². The van der Waals surface area contributed by atoms with Crippen molar-refractivity contribution in [3.8, 4) is 0 Å². The minimum Gasteiger partial charge on any atom is -0.466 e. The first-order valence-electron chi connectivity index (χ1n) is 12.8. The second-order valence-corrected chi connectivity index (χ2v) is 11.3. The van der Waals surface area contributed by atoms with E-state index in [1.165, 1.54) is 19.4 Å². The van der Waals surface area contributed by atoms with Crippen LogP contribution in [0.5, 0.6) is 0 Å². The number of amides is 3. The molecule has 1 atom stereocenters. The fourth-order valence-corrected chi connectivity index (χ4v) is 4.74.